The van der Waals surface area contributed by atoms with Crippen LogP contribution in [0.15, 0.2) is 59.6 Å². The molecule has 2 aromatic carbocycles. The van der Waals surface area contributed by atoms with Gasteiger partial charge in [0.1, 0.15) is 5.82 Å². The first-order valence-corrected chi connectivity index (χ1v) is 9.46. The number of anilines is 1. The van der Waals surface area contributed by atoms with Crippen molar-refractivity contribution < 1.29 is 8.42 Å². The van der Waals surface area contributed by atoms with Crippen LogP contribution in [0.4, 0.5) is 5.69 Å². The summed E-state index contributed by atoms with van der Waals surface area (Å²) in [5, 5.41) is 0.496. The third-order valence-corrected chi connectivity index (χ3v) is 5.13. The number of sulfonamides is 1. The van der Waals surface area contributed by atoms with Gasteiger partial charge in [0.15, 0.2) is 0 Å². The molecular formula is C17H13Cl2N3O2S. The zero-order chi connectivity index (χ0) is 18.0. The molecule has 0 aliphatic carbocycles. The highest BCUT2D eigenvalue weighted by atomic mass is 35.5. The molecule has 0 saturated heterocycles. The normalized spacial score (nSPS) is 11.3. The van der Waals surface area contributed by atoms with Gasteiger partial charge in [-0.15, -0.1) is 0 Å². The lowest BCUT2D eigenvalue weighted by atomic mass is 10.1. The first-order valence-electron chi connectivity index (χ1n) is 7.22. The molecule has 0 spiro atoms. The van der Waals surface area contributed by atoms with Gasteiger partial charge in [0, 0.05) is 27.5 Å². The summed E-state index contributed by atoms with van der Waals surface area (Å²) >= 11 is 11.8. The summed E-state index contributed by atoms with van der Waals surface area (Å²) in [5.41, 5.74) is 1.89. The molecule has 3 rings (SSSR count). The van der Waals surface area contributed by atoms with E-state index in [-0.39, 0.29) is 14.9 Å². The molecule has 0 aliphatic rings. The molecular weight excluding hydrogens is 381 g/mol. The van der Waals surface area contributed by atoms with Gasteiger partial charge in [0.25, 0.3) is 10.0 Å². The second-order valence-corrected chi connectivity index (χ2v) is 7.84. The molecule has 0 aliphatic heterocycles. The van der Waals surface area contributed by atoms with Crippen LogP contribution in [0, 0.1) is 6.92 Å². The minimum atomic E-state index is -3.82. The number of nitrogens with one attached hydrogen (secondary N) is 1. The Bertz CT molecular complexity index is 1020. The molecule has 128 valence electrons. The standard InChI is InChI=1S/C17H13Cl2N3O2S/c1-11-20-6-5-17(21-11)12-3-2-4-15(7-12)22-25(23,24)16-9-13(18)8-14(19)10-16/h2-10,22H,1H3. The largest absolute Gasteiger partial charge is 0.280 e. The summed E-state index contributed by atoms with van der Waals surface area (Å²) in [7, 11) is -3.82. The molecule has 3 aromatic rings. The highest BCUT2D eigenvalue weighted by Crippen LogP contribution is 2.26. The highest BCUT2D eigenvalue weighted by molar-refractivity contribution is 7.92. The monoisotopic (exact) mass is 393 g/mol. The highest BCUT2D eigenvalue weighted by Gasteiger charge is 2.16. The van der Waals surface area contributed by atoms with Crippen molar-refractivity contribution in [3.8, 4) is 11.3 Å². The number of nitrogens with zero attached hydrogens (tertiary/aromatic N) is 2. The van der Waals surface area contributed by atoms with Gasteiger partial charge in [-0.2, -0.15) is 0 Å². The van der Waals surface area contributed by atoms with Gasteiger partial charge in [0.2, 0.25) is 0 Å². The number of halogens is 2. The zero-order valence-electron chi connectivity index (χ0n) is 13.1. The molecule has 0 radical (unpaired) electrons. The van der Waals surface area contributed by atoms with E-state index >= 15 is 0 Å². The smallest absolute Gasteiger partial charge is 0.261 e. The fraction of sp³-hybridized carbons (Fsp3) is 0.0588. The van der Waals surface area contributed by atoms with E-state index in [1.54, 1.807) is 37.4 Å². The Kier molecular flexibility index (Phi) is 4.94. The van der Waals surface area contributed by atoms with Crippen LogP contribution in [0.25, 0.3) is 11.3 Å². The molecule has 8 heteroatoms. The van der Waals surface area contributed by atoms with Crippen molar-refractivity contribution in [3.63, 3.8) is 0 Å². The van der Waals surface area contributed by atoms with Gasteiger partial charge in [-0.3, -0.25) is 4.72 Å². The topological polar surface area (TPSA) is 72.0 Å². The Hall–Kier alpha value is -2.15. The Balaban J connectivity index is 1.94. The predicted octanol–water partition coefficient (Wildman–Crippen LogP) is 4.56. The first kappa shape index (κ1) is 17.7. The van der Waals surface area contributed by atoms with Gasteiger partial charge in [-0.05, 0) is 43.3 Å². The summed E-state index contributed by atoms with van der Waals surface area (Å²) in [6, 6.07) is 12.9. The van der Waals surface area contributed by atoms with E-state index in [0.29, 0.717) is 17.2 Å². The van der Waals surface area contributed by atoms with E-state index in [2.05, 4.69) is 14.7 Å². The summed E-state index contributed by atoms with van der Waals surface area (Å²) < 4.78 is 27.6. The zero-order valence-corrected chi connectivity index (χ0v) is 15.4. The average Bonchev–Trinajstić information content (AvgIpc) is 2.54. The molecule has 0 fully saturated rings. The number of rotatable bonds is 4. The molecule has 0 unspecified atom stereocenters. The van der Waals surface area contributed by atoms with Gasteiger partial charge in [0.05, 0.1) is 10.6 Å². The van der Waals surface area contributed by atoms with E-state index in [1.165, 1.54) is 18.2 Å². The Morgan fingerprint density at radius 3 is 2.40 bits per heavy atom. The summed E-state index contributed by atoms with van der Waals surface area (Å²) in [6.07, 6.45) is 1.66. The van der Waals surface area contributed by atoms with Gasteiger partial charge < -0.3 is 0 Å². The SMILES string of the molecule is Cc1nccc(-c2cccc(NS(=O)(=O)c3cc(Cl)cc(Cl)c3)c2)n1. The third kappa shape index (κ3) is 4.28. The van der Waals surface area contributed by atoms with Gasteiger partial charge in [-0.25, -0.2) is 18.4 Å². The van der Waals surface area contributed by atoms with Crippen LogP contribution in [0.1, 0.15) is 5.82 Å². The van der Waals surface area contributed by atoms with Crippen molar-refractivity contribution in [2.24, 2.45) is 0 Å². The van der Waals surface area contributed by atoms with Crippen LogP contribution in [0.5, 0.6) is 0 Å². The molecule has 0 saturated carbocycles. The molecule has 0 amide bonds. The van der Waals surface area contributed by atoms with Crippen LogP contribution < -0.4 is 4.72 Å². The van der Waals surface area contributed by atoms with Crippen LogP contribution in [0.3, 0.4) is 0 Å². The number of hydrogen-bond acceptors (Lipinski definition) is 4. The summed E-state index contributed by atoms with van der Waals surface area (Å²) in [4.78, 5) is 8.39. The van der Waals surface area contributed by atoms with Crippen LogP contribution in [-0.2, 0) is 10.0 Å². The number of aryl methyl sites for hydroxylation is 1. The lowest BCUT2D eigenvalue weighted by Crippen LogP contribution is -2.13. The van der Waals surface area contributed by atoms with Crippen molar-refractivity contribution in [2.45, 2.75) is 11.8 Å². The number of aromatic nitrogens is 2. The maximum Gasteiger partial charge on any atom is 0.261 e. The van der Waals surface area contributed by atoms with Gasteiger partial charge in [-0.1, -0.05) is 35.3 Å². The molecule has 5 nitrogen and oxygen atoms in total. The van der Waals surface area contributed by atoms with Crippen molar-refractivity contribution in [3.05, 3.63) is 70.6 Å². The van der Waals surface area contributed by atoms with E-state index in [9.17, 15) is 8.42 Å². The Labute approximate surface area is 155 Å². The van der Waals surface area contributed by atoms with Crippen molar-refractivity contribution in [2.75, 3.05) is 4.72 Å². The third-order valence-electron chi connectivity index (χ3n) is 3.33. The Morgan fingerprint density at radius 2 is 1.72 bits per heavy atom. The Morgan fingerprint density at radius 1 is 1.00 bits per heavy atom. The summed E-state index contributed by atoms with van der Waals surface area (Å²) in [6.45, 7) is 1.79. The van der Waals surface area contributed by atoms with E-state index in [0.717, 1.165) is 5.56 Å². The minimum absolute atomic E-state index is 0.00622. The minimum Gasteiger partial charge on any atom is -0.280 e. The first-order chi connectivity index (χ1) is 11.8. The second kappa shape index (κ2) is 7.00. The lowest BCUT2D eigenvalue weighted by Gasteiger charge is -2.10. The van der Waals surface area contributed by atoms with E-state index in [4.69, 9.17) is 23.2 Å². The van der Waals surface area contributed by atoms with Crippen LogP contribution in [0.2, 0.25) is 10.0 Å². The predicted molar refractivity (Wildman–Crippen MR) is 99.5 cm³/mol. The lowest BCUT2D eigenvalue weighted by molar-refractivity contribution is 0.601. The van der Waals surface area contributed by atoms with Crippen molar-refractivity contribution in [1.82, 2.24) is 9.97 Å². The molecule has 0 atom stereocenters. The van der Waals surface area contributed by atoms with Crippen molar-refractivity contribution in [1.29, 1.82) is 0 Å². The average molecular weight is 394 g/mol. The molecule has 0 bridgehead atoms. The molecule has 1 heterocycles. The summed E-state index contributed by atoms with van der Waals surface area (Å²) in [5.74, 6) is 0.636. The van der Waals surface area contributed by atoms with Crippen LogP contribution >= 0.6 is 23.2 Å². The maximum atomic E-state index is 12.6. The van der Waals surface area contributed by atoms with E-state index in [1.807, 2.05) is 6.07 Å². The van der Waals surface area contributed by atoms with Gasteiger partial charge >= 0.3 is 0 Å². The number of hydrogen-bond donors (Lipinski definition) is 1. The molecule has 25 heavy (non-hydrogen) atoms. The second-order valence-electron chi connectivity index (χ2n) is 5.28. The maximum absolute atomic E-state index is 12.6. The fourth-order valence-corrected chi connectivity index (χ4v) is 4.03. The van der Waals surface area contributed by atoms with E-state index < -0.39 is 10.0 Å². The van der Waals surface area contributed by atoms with Crippen LogP contribution in [-0.4, -0.2) is 18.4 Å². The van der Waals surface area contributed by atoms with Crippen molar-refractivity contribution >= 4 is 38.9 Å². The molecule has 1 aromatic heterocycles. The fourth-order valence-electron chi connectivity index (χ4n) is 2.26. The quantitative estimate of drug-likeness (QED) is 0.704. The number of benzene rings is 2. The molecule has 1 N–H and O–H groups in total.